The molecule has 1 N–H and O–H groups in total. The van der Waals surface area contributed by atoms with Gasteiger partial charge in [0.1, 0.15) is 5.69 Å². The molecule has 106 valence electrons. The molecule has 3 rings (SSSR count). The summed E-state index contributed by atoms with van der Waals surface area (Å²) in [4.78, 5) is 0. The van der Waals surface area contributed by atoms with Gasteiger partial charge in [-0.05, 0) is 25.0 Å². The van der Waals surface area contributed by atoms with Gasteiger partial charge in [-0.2, -0.15) is 0 Å². The highest BCUT2D eigenvalue weighted by Crippen LogP contribution is 2.22. The van der Waals surface area contributed by atoms with Crippen molar-refractivity contribution in [1.29, 1.82) is 0 Å². The molecule has 2 aromatic rings. The molecule has 1 aliphatic heterocycles. The van der Waals surface area contributed by atoms with Gasteiger partial charge in [-0.3, -0.25) is 0 Å². The van der Waals surface area contributed by atoms with Crippen LogP contribution in [-0.4, -0.2) is 24.4 Å². The lowest BCUT2D eigenvalue weighted by Gasteiger charge is -2.22. The third-order valence-electron chi connectivity index (χ3n) is 3.47. The Kier molecular flexibility index (Phi) is 4.35. The third-order valence-corrected chi connectivity index (χ3v) is 3.70. The highest BCUT2D eigenvalue weighted by molar-refractivity contribution is 6.30. The molecule has 0 unspecified atom stereocenters. The highest BCUT2D eigenvalue weighted by Gasteiger charge is 2.14. The molecule has 1 aliphatic rings. The largest absolute Gasteiger partial charge is 0.381 e. The Morgan fingerprint density at radius 1 is 1.25 bits per heavy atom. The number of benzene rings is 1. The van der Waals surface area contributed by atoms with E-state index >= 15 is 0 Å². The van der Waals surface area contributed by atoms with Crippen LogP contribution in [0.5, 0.6) is 0 Å². The molecule has 0 atom stereocenters. The topological polar surface area (TPSA) is 47.3 Å². The fourth-order valence-electron chi connectivity index (χ4n) is 2.33. The summed E-state index contributed by atoms with van der Waals surface area (Å²) in [6.45, 7) is 2.36. The van der Waals surface area contributed by atoms with Gasteiger partial charge < -0.3 is 14.6 Å². The summed E-state index contributed by atoms with van der Waals surface area (Å²) in [7, 11) is 0. The Morgan fingerprint density at radius 2 is 2.10 bits per heavy atom. The van der Waals surface area contributed by atoms with E-state index in [9.17, 15) is 0 Å². The Bertz CT molecular complexity index is 565. The van der Waals surface area contributed by atoms with Gasteiger partial charge in [0, 0.05) is 35.9 Å². The fraction of sp³-hybridized carbons (Fsp3) is 0.400. The zero-order valence-electron chi connectivity index (χ0n) is 11.1. The SMILES string of the molecule is Clc1cccc(-c2cc(CNC3CCOCC3)on2)c1. The normalized spacial score (nSPS) is 16.4. The summed E-state index contributed by atoms with van der Waals surface area (Å²) >= 11 is 5.98. The average Bonchev–Trinajstić information content (AvgIpc) is 2.95. The molecular formula is C15H17ClN2O2. The molecule has 1 aromatic carbocycles. The van der Waals surface area contributed by atoms with E-state index < -0.39 is 0 Å². The van der Waals surface area contributed by atoms with Crippen molar-refractivity contribution in [2.45, 2.75) is 25.4 Å². The van der Waals surface area contributed by atoms with Crippen LogP contribution >= 0.6 is 11.6 Å². The van der Waals surface area contributed by atoms with Crippen molar-refractivity contribution in [1.82, 2.24) is 10.5 Å². The number of rotatable bonds is 4. The number of aromatic nitrogens is 1. The molecule has 0 amide bonds. The molecule has 0 aliphatic carbocycles. The van der Waals surface area contributed by atoms with E-state index in [1.54, 1.807) is 0 Å². The predicted octanol–water partition coefficient (Wildman–Crippen LogP) is 3.26. The van der Waals surface area contributed by atoms with E-state index in [0.29, 0.717) is 17.6 Å². The number of nitrogens with zero attached hydrogens (tertiary/aromatic N) is 1. The molecule has 0 saturated carbocycles. The summed E-state index contributed by atoms with van der Waals surface area (Å²) in [5.41, 5.74) is 1.79. The first-order valence-electron chi connectivity index (χ1n) is 6.84. The summed E-state index contributed by atoms with van der Waals surface area (Å²) in [6.07, 6.45) is 2.10. The number of ether oxygens (including phenoxy) is 1. The monoisotopic (exact) mass is 292 g/mol. The first-order valence-corrected chi connectivity index (χ1v) is 7.22. The van der Waals surface area contributed by atoms with E-state index in [2.05, 4.69) is 10.5 Å². The van der Waals surface area contributed by atoms with Gasteiger partial charge in [-0.1, -0.05) is 28.9 Å². The quantitative estimate of drug-likeness (QED) is 0.939. The van der Waals surface area contributed by atoms with Gasteiger partial charge in [0.15, 0.2) is 5.76 Å². The van der Waals surface area contributed by atoms with Crippen LogP contribution in [0.4, 0.5) is 0 Å². The maximum atomic E-state index is 5.98. The van der Waals surface area contributed by atoms with Crippen LogP contribution < -0.4 is 5.32 Å². The van der Waals surface area contributed by atoms with E-state index in [1.165, 1.54) is 0 Å². The fourth-order valence-corrected chi connectivity index (χ4v) is 2.52. The minimum Gasteiger partial charge on any atom is -0.381 e. The van der Waals surface area contributed by atoms with E-state index in [0.717, 1.165) is 43.1 Å². The van der Waals surface area contributed by atoms with Gasteiger partial charge >= 0.3 is 0 Å². The van der Waals surface area contributed by atoms with E-state index in [-0.39, 0.29) is 0 Å². The maximum Gasteiger partial charge on any atom is 0.151 e. The van der Waals surface area contributed by atoms with Crippen LogP contribution in [-0.2, 0) is 11.3 Å². The van der Waals surface area contributed by atoms with E-state index in [4.69, 9.17) is 20.9 Å². The molecular weight excluding hydrogens is 276 g/mol. The first-order chi connectivity index (χ1) is 9.81. The van der Waals surface area contributed by atoms with Crippen molar-refractivity contribution in [3.8, 4) is 11.3 Å². The van der Waals surface area contributed by atoms with Gasteiger partial charge in [-0.25, -0.2) is 0 Å². The lowest BCUT2D eigenvalue weighted by atomic mass is 10.1. The molecule has 0 radical (unpaired) electrons. The number of hydrogen-bond donors (Lipinski definition) is 1. The van der Waals surface area contributed by atoms with Crippen LogP contribution in [0.15, 0.2) is 34.9 Å². The summed E-state index contributed by atoms with van der Waals surface area (Å²) in [5.74, 6) is 0.839. The second-order valence-electron chi connectivity index (χ2n) is 4.96. The summed E-state index contributed by atoms with van der Waals surface area (Å²) in [5, 5.41) is 8.27. The van der Waals surface area contributed by atoms with Crippen molar-refractivity contribution in [3.63, 3.8) is 0 Å². The van der Waals surface area contributed by atoms with Crippen LogP contribution in [0.3, 0.4) is 0 Å². The minimum absolute atomic E-state index is 0.503. The van der Waals surface area contributed by atoms with Crippen molar-refractivity contribution < 1.29 is 9.26 Å². The molecule has 0 spiro atoms. The van der Waals surface area contributed by atoms with Gasteiger partial charge in [-0.15, -0.1) is 0 Å². The van der Waals surface area contributed by atoms with Crippen LogP contribution in [0.1, 0.15) is 18.6 Å². The second-order valence-corrected chi connectivity index (χ2v) is 5.39. The van der Waals surface area contributed by atoms with Crippen molar-refractivity contribution >= 4 is 11.6 Å². The predicted molar refractivity (Wildman–Crippen MR) is 77.6 cm³/mol. The molecule has 2 heterocycles. The molecule has 5 heteroatoms. The van der Waals surface area contributed by atoms with Crippen molar-refractivity contribution in [2.24, 2.45) is 0 Å². The summed E-state index contributed by atoms with van der Waals surface area (Å²) in [6, 6.07) is 10.1. The van der Waals surface area contributed by atoms with Crippen molar-refractivity contribution in [2.75, 3.05) is 13.2 Å². The Hall–Kier alpha value is -1.36. The average molecular weight is 293 g/mol. The van der Waals surface area contributed by atoms with Crippen LogP contribution in [0.25, 0.3) is 11.3 Å². The molecule has 1 fully saturated rings. The number of hydrogen-bond acceptors (Lipinski definition) is 4. The van der Waals surface area contributed by atoms with Crippen molar-refractivity contribution in [3.05, 3.63) is 41.1 Å². The molecule has 1 aromatic heterocycles. The van der Waals surface area contributed by atoms with Crippen LogP contribution in [0, 0.1) is 0 Å². The van der Waals surface area contributed by atoms with Gasteiger partial charge in [0.2, 0.25) is 0 Å². The minimum atomic E-state index is 0.503. The van der Waals surface area contributed by atoms with E-state index in [1.807, 2.05) is 30.3 Å². The zero-order chi connectivity index (χ0) is 13.8. The number of halogens is 1. The molecule has 4 nitrogen and oxygen atoms in total. The summed E-state index contributed by atoms with van der Waals surface area (Å²) < 4.78 is 10.7. The standard InChI is InChI=1S/C15H17ClN2O2/c16-12-3-1-2-11(8-12)15-9-14(20-18-15)10-17-13-4-6-19-7-5-13/h1-3,8-9,13,17H,4-7,10H2. The van der Waals surface area contributed by atoms with Gasteiger partial charge in [0.25, 0.3) is 0 Å². The lowest BCUT2D eigenvalue weighted by Crippen LogP contribution is -2.34. The number of nitrogens with one attached hydrogen (secondary N) is 1. The third kappa shape index (κ3) is 3.39. The lowest BCUT2D eigenvalue weighted by molar-refractivity contribution is 0.0769. The zero-order valence-corrected chi connectivity index (χ0v) is 11.9. The smallest absolute Gasteiger partial charge is 0.151 e. The Morgan fingerprint density at radius 3 is 2.90 bits per heavy atom. The molecule has 0 bridgehead atoms. The Labute approximate surface area is 123 Å². The van der Waals surface area contributed by atoms with Crippen LogP contribution in [0.2, 0.25) is 5.02 Å². The first kappa shape index (κ1) is 13.6. The Balaban J connectivity index is 1.61. The highest BCUT2D eigenvalue weighted by atomic mass is 35.5. The maximum absolute atomic E-state index is 5.98. The molecule has 1 saturated heterocycles. The van der Waals surface area contributed by atoms with Gasteiger partial charge in [0.05, 0.1) is 6.54 Å². The second kappa shape index (κ2) is 6.39. The molecule has 20 heavy (non-hydrogen) atoms.